The number of hydrogen-bond acceptors (Lipinski definition) is 6. The molecule has 0 saturated carbocycles. The predicted octanol–water partition coefficient (Wildman–Crippen LogP) is 13.1. The molecule has 288 valence electrons. The lowest BCUT2D eigenvalue weighted by atomic mass is 10.0. The first-order valence-corrected chi connectivity index (χ1v) is 21.2. The molecule has 0 rings (SSSR count). The first-order valence-electron chi connectivity index (χ1n) is 21.2. The Hall–Kier alpha value is -1.85. The molecule has 1 unspecified atom stereocenters. The number of allylic oxidation sites excluding steroid dienone is 2. The summed E-state index contributed by atoms with van der Waals surface area (Å²) in [6.45, 7) is 6.53. The minimum Gasteiger partial charge on any atom is -0.462 e. The van der Waals surface area contributed by atoms with Crippen LogP contribution in [0.2, 0.25) is 0 Å². The van der Waals surface area contributed by atoms with Crippen LogP contribution in [0.25, 0.3) is 0 Å². The summed E-state index contributed by atoms with van der Waals surface area (Å²) in [5.74, 6) is -0.882. The van der Waals surface area contributed by atoms with Gasteiger partial charge >= 0.3 is 17.9 Å². The Bertz CT molecular complexity index is 763. The van der Waals surface area contributed by atoms with E-state index in [0.29, 0.717) is 19.3 Å². The Labute approximate surface area is 303 Å². The van der Waals surface area contributed by atoms with Gasteiger partial charge in [-0.15, -0.1) is 0 Å². The molecular formula is C43H80O6. The van der Waals surface area contributed by atoms with E-state index in [1.807, 2.05) is 0 Å². The van der Waals surface area contributed by atoms with Crippen LogP contribution in [0, 0.1) is 0 Å². The molecule has 0 fully saturated rings. The smallest absolute Gasteiger partial charge is 0.306 e. The quantitative estimate of drug-likeness (QED) is 0.0277. The predicted molar refractivity (Wildman–Crippen MR) is 206 cm³/mol. The SMILES string of the molecule is CCC/C=C\CCCCCCCC(=O)OC(COC(=O)CCCCCCCCCC)COC(=O)CCCCCCCCCCCCCCC. The monoisotopic (exact) mass is 693 g/mol. The van der Waals surface area contributed by atoms with Crippen molar-refractivity contribution in [2.75, 3.05) is 13.2 Å². The number of carbonyl (C=O) groups excluding carboxylic acids is 3. The van der Waals surface area contributed by atoms with Gasteiger partial charge in [0.1, 0.15) is 13.2 Å². The first kappa shape index (κ1) is 47.1. The topological polar surface area (TPSA) is 78.9 Å². The molecule has 0 aliphatic carbocycles. The number of hydrogen-bond donors (Lipinski definition) is 0. The third kappa shape index (κ3) is 37.2. The molecule has 6 nitrogen and oxygen atoms in total. The molecule has 0 heterocycles. The molecule has 0 N–H and O–H groups in total. The van der Waals surface area contributed by atoms with Gasteiger partial charge in [0, 0.05) is 19.3 Å². The second-order valence-corrected chi connectivity index (χ2v) is 14.3. The second-order valence-electron chi connectivity index (χ2n) is 14.3. The Morgan fingerprint density at radius 3 is 1.10 bits per heavy atom. The van der Waals surface area contributed by atoms with Gasteiger partial charge in [-0.2, -0.15) is 0 Å². The van der Waals surface area contributed by atoms with Crippen molar-refractivity contribution in [3.63, 3.8) is 0 Å². The van der Waals surface area contributed by atoms with Crippen LogP contribution in [0.15, 0.2) is 12.2 Å². The average Bonchev–Trinajstić information content (AvgIpc) is 3.10. The molecule has 1 atom stereocenters. The van der Waals surface area contributed by atoms with Gasteiger partial charge in [-0.1, -0.05) is 181 Å². The third-order valence-electron chi connectivity index (χ3n) is 9.25. The summed E-state index contributed by atoms with van der Waals surface area (Å²) in [7, 11) is 0. The second kappa shape index (κ2) is 38.9. The summed E-state index contributed by atoms with van der Waals surface area (Å²) >= 11 is 0. The summed E-state index contributed by atoms with van der Waals surface area (Å²) in [6, 6.07) is 0. The zero-order chi connectivity index (χ0) is 35.9. The van der Waals surface area contributed by atoms with Gasteiger partial charge in [-0.25, -0.2) is 0 Å². The Balaban J connectivity index is 4.31. The summed E-state index contributed by atoms with van der Waals surface area (Å²) < 4.78 is 16.6. The molecule has 49 heavy (non-hydrogen) atoms. The lowest BCUT2D eigenvalue weighted by Gasteiger charge is -2.18. The van der Waals surface area contributed by atoms with Crippen LogP contribution in [0.3, 0.4) is 0 Å². The summed E-state index contributed by atoms with van der Waals surface area (Å²) in [5, 5.41) is 0. The minimum absolute atomic E-state index is 0.0698. The molecule has 0 aliphatic heterocycles. The van der Waals surface area contributed by atoms with Gasteiger partial charge in [0.05, 0.1) is 0 Å². The molecular weight excluding hydrogens is 612 g/mol. The summed E-state index contributed by atoms with van der Waals surface area (Å²) in [6.07, 6.45) is 39.1. The van der Waals surface area contributed by atoms with Crippen LogP contribution in [0.4, 0.5) is 0 Å². The molecule has 6 heteroatoms. The fraction of sp³-hybridized carbons (Fsp3) is 0.884. The average molecular weight is 693 g/mol. The van der Waals surface area contributed by atoms with Crippen molar-refractivity contribution in [1.82, 2.24) is 0 Å². The van der Waals surface area contributed by atoms with Gasteiger partial charge < -0.3 is 14.2 Å². The van der Waals surface area contributed by atoms with Gasteiger partial charge in [0.25, 0.3) is 0 Å². The van der Waals surface area contributed by atoms with E-state index in [4.69, 9.17) is 14.2 Å². The maximum Gasteiger partial charge on any atom is 0.306 e. The Morgan fingerprint density at radius 1 is 0.388 bits per heavy atom. The highest BCUT2D eigenvalue weighted by Crippen LogP contribution is 2.15. The largest absolute Gasteiger partial charge is 0.462 e. The number of carbonyl (C=O) groups is 3. The van der Waals surface area contributed by atoms with Crippen LogP contribution in [0.5, 0.6) is 0 Å². The number of ether oxygens (including phenoxy) is 3. The maximum absolute atomic E-state index is 12.6. The molecule has 0 amide bonds. The van der Waals surface area contributed by atoms with Gasteiger partial charge in [0.2, 0.25) is 0 Å². The molecule has 0 aliphatic rings. The van der Waals surface area contributed by atoms with E-state index in [1.165, 1.54) is 109 Å². The van der Waals surface area contributed by atoms with Crippen LogP contribution in [0.1, 0.15) is 226 Å². The van der Waals surface area contributed by atoms with Gasteiger partial charge in [-0.3, -0.25) is 14.4 Å². The highest BCUT2D eigenvalue weighted by molar-refractivity contribution is 5.71. The number of esters is 3. The minimum atomic E-state index is -0.763. The van der Waals surface area contributed by atoms with Crippen LogP contribution >= 0.6 is 0 Å². The Kier molecular flexibility index (Phi) is 37.5. The zero-order valence-electron chi connectivity index (χ0n) is 32.7. The fourth-order valence-electron chi connectivity index (χ4n) is 6.03. The lowest BCUT2D eigenvalue weighted by molar-refractivity contribution is -0.167. The fourth-order valence-corrected chi connectivity index (χ4v) is 6.03. The van der Waals surface area contributed by atoms with Crippen molar-refractivity contribution in [2.24, 2.45) is 0 Å². The normalized spacial score (nSPS) is 12.0. The van der Waals surface area contributed by atoms with E-state index in [-0.39, 0.29) is 31.1 Å². The van der Waals surface area contributed by atoms with Crippen molar-refractivity contribution < 1.29 is 28.6 Å². The molecule has 0 aromatic carbocycles. The first-order chi connectivity index (χ1) is 24.0. The van der Waals surface area contributed by atoms with Crippen molar-refractivity contribution in [3.8, 4) is 0 Å². The molecule has 0 aromatic heterocycles. The third-order valence-corrected chi connectivity index (χ3v) is 9.25. The van der Waals surface area contributed by atoms with E-state index in [1.54, 1.807) is 0 Å². The number of unbranched alkanes of at least 4 members (excludes halogenated alkanes) is 25. The van der Waals surface area contributed by atoms with Crippen LogP contribution in [-0.2, 0) is 28.6 Å². The van der Waals surface area contributed by atoms with Crippen molar-refractivity contribution in [1.29, 1.82) is 0 Å². The van der Waals surface area contributed by atoms with Crippen molar-refractivity contribution in [2.45, 2.75) is 232 Å². The van der Waals surface area contributed by atoms with Crippen molar-refractivity contribution in [3.05, 3.63) is 12.2 Å². The molecule has 0 spiro atoms. The van der Waals surface area contributed by atoms with E-state index in [0.717, 1.165) is 77.0 Å². The van der Waals surface area contributed by atoms with Gasteiger partial charge in [-0.05, 0) is 38.5 Å². The summed E-state index contributed by atoms with van der Waals surface area (Å²) in [5.41, 5.74) is 0. The van der Waals surface area contributed by atoms with E-state index in [9.17, 15) is 14.4 Å². The van der Waals surface area contributed by atoms with E-state index < -0.39 is 6.10 Å². The van der Waals surface area contributed by atoms with E-state index >= 15 is 0 Å². The Morgan fingerprint density at radius 2 is 0.714 bits per heavy atom. The van der Waals surface area contributed by atoms with Crippen LogP contribution in [-0.4, -0.2) is 37.2 Å². The maximum atomic E-state index is 12.6. The van der Waals surface area contributed by atoms with Crippen molar-refractivity contribution >= 4 is 17.9 Å². The number of rotatable bonds is 38. The molecule has 0 radical (unpaired) electrons. The van der Waals surface area contributed by atoms with Crippen LogP contribution < -0.4 is 0 Å². The highest BCUT2D eigenvalue weighted by atomic mass is 16.6. The molecule has 0 aromatic rings. The lowest BCUT2D eigenvalue weighted by Crippen LogP contribution is -2.30. The zero-order valence-corrected chi connectivity index (χ0v) is 32.7. The van der Waals surface area contributed by atoms with Gasteiger partial charge in [0.15, 0.2) is 6.10 Å². The van der Waals surface area contributed by atoms with E-state index in [2.05, 4.69) is 32.9 Å². The summed E-state index contributed by atoms with van der Waals surface area (Å²) in [4.78, 5) is 37.5. The highest BCUT2D eigenvalue weighted by Gasteiger charge is 2.19. The molecule has 0 saturated heterocycles. The molecule has 0 bridgehead atoms. The standard InChI is InChI=1S/C43H80O6/c1-4-7-10-13-16-19-21-22-23-25-27-30-33-36-42(45)48-39-40(38-47-41(44)35-32-29-26-18-15-12-9-6-3)49-43(46)37-34-31-28-24-20-17-14-11-8-5-2/h11,14,40H,4-10,12-13,15-39H2,1-3H3/b14-11-.